The molecule has 94 valence electrons. The molecule has 2 unspecified atom stereocenters. The minimum atomic E-state index is -0.284. The number of aliphatic hydroxyl groups excluding tert-OH is 1. The number of phenols is 1. The van der Waals surface area contributed by atoms with Crippen LogP contribution in [0.1, 0.15) is 31.2 Å². The van der Waals surface area contributed by atoms with Crippen molar-refractivity contribution in [3.63, 3.8) is 0 Å². The molecule has 1 saturated carbocycles. The topological polar surface area (TPSA) is 52.5 Å². The van der Waals surface area contributed by atoms with Crippen LogP contribution in [0.5, 0.6) is 5.75 Å². The molecule has 1 aliphatic carbocycles. The van der Waals surface area contributed by atoms with Crippen LogP contribution in [0.2, 0.25) is 5.02 Å². The Hall–Kier alpha value is -0.770. The van der Waals surface area contributed by atoms with Gasteiger partial charge in [-0.1, -0.05) is 30.5 Å². The minimum Gasteiger partial charge on any atom is -0.508 e. The van der Waals surface area contributed by atoms with Crippen molar-refractivity contribution in [2.75, 3.05) is 0 Å². The van der Waals surface area contributed by atoms with E-state index in [1.54, 1.807) is 18.2 Å². The second-order valence-electron chi connectivity index (χ2n) is 4.58. The second-order valence-corrected chi connectivity index (χ2v) is 4.98. The molecule has 0 saturated heterocycles. The van der Waals surface area contributed by atoms with E-state index in [0.29, 0.717) is 17.1 Å². The maximum Gasteiger partial charge on any atom is 0.121 e. The van der Waals surface area contributed by atoms with E-state index in [-0.39, 0.29) is 17.9 Å². The van der Waals surface area contributed by atoms with Crippen LogP contribution in [0.15, 0.2) is 18.2 Å². The summed E-state index contributed by atoms with van der Waals surface area (Å²) >= 11 is 6.02. The fraction of sp³-hybridized carbons (Fsp3) is 0.538. The minimum absolute atomic E-state index is 0.111. The van der Waals surface area contributed by atoms with Gasteiger partial charge in [-0.2, -0.15) is 0 Å². The van der Waals surface area contributed by atoms with Crippen molar-refractivity contribution in [2.24, 2.45) is 0 Å². The molecular weight excluding hydrogens is 238 g/mol. The number of halogens is 1. The number of benzene rings is 1. The zero-order chi connectivity index (χ0) is 12.3. The molecule has 0 amide bonds. The van der Waals surface area contributed by atoms with Crippen molar-refractivity contribution < 1.29 is 10.2 Å². The lowest BCUT2D eigenvalue weighted by Crippen LogP contribution is -2.41. The van der Waals surface area contributed by atoms with Gasteiger partial charge in [-0.25, -0.2) is 0 Å². The Morgan fingerprint density at radius 2 is 2.06 bits per heavy atom. The Morgan fingerprint density at radius 1 is 1.29 bits per heavy atom. The van der Waals surface area contributed by atoms with E-state index in [4.69, 9.17) is 11.6 Å². The Balaban J connectivity index is 1.97. The van der Waals surface area contributed by atoms with E-state index in [9.17, 15) is 10.2 Å². The molecule has 3 N–H and O–H groups in total. The molecule has 4 heteroatoms. The normalized spacial score (nSPS) is 24.8. The average molecular weight is 256 g/mol. The van der Waals surface area contributed by atoms with Gasteiger partial charge in [0.2, 0.25) is 0 Å². The highest BCUT2D eigenvalue weighted by molar-refractivity contribution is 6.31. The van der Waals surface area contributed by atoms with Crippen LogP contribution in [0.4, 0.5) is 0 Å². The molecule has 1 aromatic carbocycles. The molecule has 1 aliphatic rings. The fourth-order valence-electron chi connectivity index (χ4n) is 2.30. The van der Waals surface area contributed by atoms with E-state index in [1.165, 1.54) is 0 Å². The lowest BCUT2D eigenvalue weighted by molar-refractivity contribution is 0.0901. The van der Waals surface area contributed by atoms with E-state index >= 15 is 0 Å². The van der Waals surface area contributed by atoms with Gasteiger partial charge in [0, 0.05) is 23.2 Å². The number of rotatable bonds is 3. The Labute approximate surface area is 106 Å². The highest BCUT2D eigenvalue weighted by Crippen LogP contribution is 2.26. The predicted molar refractivity (Wildman–Crippen MR) is 68.2 cm³/mol. The van der Waals surface area contributed by atoms with Gasteiger partial charge in [-0.3, -0.25) is 0 Å². The van der Waals surface area contributed by atoms with Crippen molar-refractivity contribution in [1.82, 2.24) is 5.32 Å². The van der Waals surface area contributed by atoms with Gasteiger partial charge in [0.05, 0.1) is 6.10 Å². The average Bonchev–Trinajstić information content (AvgIpc) is 2.30. The molecule has 0 aromatic heterocycles. The molecule has 0 spiro atoms. The number of hydrogen-bond donors (Lipinski definition) is 3. The summed E-state index contributed by atoms with van der Waals surface area (Å²) in [5, 5.41) is 23.4. The third-order valence-corrected chi connectivity index (χ3v) is 3.72. The number of nitrogens with one attached hydrogen (secondary N) is 1. The van der Waals surface area contributed by atoms with Crippen molar-refractivity contribution in [3.05, 3.63) is 28.8 Å². The molecular formula is C13H18ClNO2. The molecule has 2 rings (SSSR count). The first kappa shape index (κ1) is 12.7. The summed E-state index contributed by atoms with van der Waals surface area (Å²) in [6.07, 6.45) is 3.78. The van der Waals surface area contributed by atoms with E-state index in [0.717, 1.165) is 25.7 Å². The van der Waals surface area contributed by atoms with Gasteiger partial charge >= 0.3 is 0 Å². The van der Waals surface area contributed by atoms with Crippen LogP contribution in [0, 0.1) is 0 Å². The molecule has 0 bridgehead atoms. The first-order valence-electron chi connectivity index (χ1n) is 6.06. The summed E-state index contributed by atoms with van der Waals surface area (Å²) in [6, 6.07) is 5.21. The monoisotopic (exact) mass is 255 g/mol. The van der Waals surface area contributed by atoms with Gasteiger partial charge in [-0.05, 0) is 25.0 Å². The SMILES string of the molecule is Oc1cccc(Cl)c1CNC1CCCCC1O. The molecule has 17 heavy (non-hydrogen) atoms. The largest absolute Gasteiger partial charge is 0.508 e. The highest BCUT2D eigenvalue weighted by Gasteiger charge is 2.22. The van der Waals surface area contributed by atoms with Crippen LogP contribution < -0.4 is 5.32 Å². The molecule has 0 radical (unpaired) electrons. The second kappa shape index (κ2) is 5.71. The summed E-state index contributed by atoms with van der Waals surface area (Å²) in [5.41, 5.74) is 0.701. The third kappa shape index (κ3) is 3.12. The lowest BCUT2D eigenvalue weighted by Gasteiger charge is -2.28. The summed E-state index contributed by atoms with van der Waals surface area (Å²) in [6.45, 7) is 0.493. The van der Waals surface area contributed by atoms with Gasteiger partial charge < -0.3 is 15.5 Å². The summed E-state index contributed by atoms with van der Waals surface area (Å²) in [4.78, 5) is 0. The summed E-state index contributed by atoms with van der Waals surface area (Å²) in [5.74, 6) is 0.204. The third-order valence-electron chi connectivity index (χ3n) is 3.36. The van der Waals surface area contributed by atoms with Gasteiger partial charge in [0.25, 0.3) is 0 Å². The molecule has 3 nitrogen and oxygen atoms in total. The van der Waals surface area contributed by atoms with E-state index < -0.39 is 0 Å². The van der Waals surface area contributed by atoms with Crippen LogP contribution in [0.3, 0.4) is 0 Å². The zero-order valence-corrected chi connectivity index (χ0v) is 10.5. The van der Waals surface area contributed by atoms with E-state index in [1.807, 2.05) is 0 Å². The summed E-state index contributed by atoms with van der Waals surface area (Å²) in [7, 11) is 0. The molecule has 0 aliphatic heterocycles. The highest BCUT2D eigenvalue weighted by atomic mass is 35.5. The maximum atomic E-state index is 9.83. The number of hydrogen-bond acceptors (Lipinski definition) is 3. The van der Waals surface area contributed by atoms with Gasteiger partial charge in [0.1, 0.15) is 5.75 Å². The van der Waals surface area contributed by atoms with Crippen molar-refractivity contribution >= 4 is 11.6 Å². The molecule has 1 aromatic rings. The van der Waals surface area contributed by atoms with Crippen LogP contribution in [-0.4, -0.2) is 22.4 Å². The van der Waals surface area contributed by atoms with Crippen molar-refractivity contribution in [3.8, 4) is 5.75 Å². The summed E-state index contributed by atoms with van der Waals surface area (Å²) < 4.78 is 0. The maximum absolute atomic E-state index is 9.83. The van der Waals surface area contributed by atoms with Gasteiger partial charge in [0.15, 0.2) is 0 Å². The lowest BCUT2D eigenvalue weighted by atomic mass is 9.92. The standard InChI is InChI=1S/C13H18ClNO2/c14-10-4-3-7-12(16)9(10)8-15-11-5-1-2-6-13(11)17/h3-4,7,11,13,15-17H,1-2,5-6,8H2. The van der Waals surface area contributed by atoms with Crippen molar-refractivity contribution in [1.29, 1.82) is 0 Å². The first-order valence-corrected chi connectivity index (χ1v) is 6.44. The first-order chi connectivity index (χ1) is 8.18. The zero-order valence-electron chi connectivity index (χ0n) is 9.69. The molecule has 1 fully saturated rings. The van der Waals surface area contributed by atoms with Crippen LogP contribution >= 0.6 is 11.6 Å². The number of phenolic OH excluding ortho intramolecular Hbond substituents is 1. The smallest absolute Gasteiger partial charge is 0.121 e. The molecule has 2 atom stereocenters. The van der Waals surface area contributed by atoms with Crippen molar-refractivity contribution in [2.45, 2.75) is 44.4 Å². The number of aromatic hydroxyl groups is 1. The van der Waals surface area contributed by atoms with Gasteiger partial charge in [-0.15, -0.1) is 0 Å². The quantitative estimate of drug-likeness (QED) is 0.778. The Bertz CT molecular complexity index is 363. The molecule has 0 heterocycles. The number of aliphatic hydroxyl groups is 1. The Morgan fingerprint density at radius 3 is 2.76 bits per heavy atom. The van der Waals surface area contributed by atoms with Crippen LogP contribution in [-0.2, 0) is 6.54 Å². The van der Waals surface area contributed by atoms with E-state index in [2.05, 4.69) is 5.32 Å². The Kier molecular flexibility index (Phi) is 4.26. The van der Waals surface area contributed by atoms with Crippen LogP contribution in [0.25, 0.3) is 0 Å². The fourth-order valence-corrected chi connectivity index (χ4v) is 2.54. The predicted octanol–water partition coefficient (Wildman–Crippen LogP) is 2.44.